The van der Waals surface area contributed by atoms with E-state index in [2.05, 4.69) is 38.5 Å². The van der Waals surface area contributed by atoms with Gasteiger partial charge in [-0.1, -0.05) is 53.4 Å². The summed E-state index contributed by atoms with van der Waals surface area (Å²) < 4.78 is 13.5. The lowest BCUT2D eigenvalue weighted by atomic mass is 9.78. The van der Waals surface area contributed by atoms with Crippen LogP contribution in [0.2, 0.25) is 0 Å². The van der Waals surface area contributed by atoms with Gasteiger partial charge in [-0.2, -0.15) is 0 Å². The molecule has 0 radical (unpaired) electrons. The second kappa shape index (κ2) is 12.2. The molecule has 1 aliphatic carbocycles. The van der Waals surface area contributed by atoms with Crippen molar-refractivity contribution in [3.05, 3.63) is 0 Å². The Kier molecular flexibility index (Phi) is 11.1. The summed E-state index contributed by atoms with van der Waals surface area (Å²) in [6.45, 7) is 10.1. The number of hydrogen-bond acceptors (Lipinski definition) is 2. The Morgan fingerprint density at radius 3 is 2.30 bits per heavy atom. The predicted molar refractivity (Wildman–Crippen MR) is 99.2 cm³/mol. The highest BCUT2D eigenvalue weighted by Crippen LogP contribution is 2.33. The highest BCUT2D eigenvalue weighted by molar-refractivity contribution is 4.83. The van der Waals surface area contributed by atoms with Crippen LogP contribution in [0.5, 0.6) is 0 Å². The van der Waals surface area contributed by atoms with Gasteiger partial charge in [-0.25, -0.2) is 4.39 Å². The molecule has 1 fully saturated rings. The van der Waals surface area contributed by atoms with Crippen molar-refractivity contribution in [3.63, 3.8) is 0 Å². The van der Waals surface area contributed by atoms with Gasteiger partial charge in [-0.05, 0) is 56.3 Å². The molecule has 138 valence electrons. The molecule has 0 aromatic rings. The van der Waals surface area contributed by atoms with Crippen molar-refractivity contribution in [1.82, 2.24) is 10.9 Å². The van der Waals surface area contributed by atoms with Gasteiger partial charge in [0.2, 0.25) is 0 Å². The van der Waals surface area contributed by atoms with Gasteiger partial charge in [0, 0.05) is 12.6 Å². The number of unbranched alkanes of at least 4 members (excludes halogenated alkanes) is 1. The van der Waals surface area contributed by atoms with Crippen LogP contribution in [0.3, 0.4) is 0 Å². The van der Waals surface area contributed by atoms with Crippen molar-refractivity contribution in [2.24, 2.45) is 17.8 Å². The van der Waals surface area contributed by atoms with E-state index in [4.69, 9.17) is 0 Å². The van der Waals surface area contributed by atoms with E-state index in [0.717, 1.165) is 44.1 Å². The average Bonchev–Trinajstić information content (AvgIpc) is 2.56. The van der Waals surface area contributed by atoms with E-state index in [0.29, 0.717) is 12.0 Å². The molecule has 1 saturated carbocycles. The van der Waals surface area contributed by atoms with Gasteiger partial charge in [0.05, 0.1) is 0 Å². The van der Waals surface area contributed by atoms with Crippen molar-refractivity contribution < 1.29 is 4.39 Å². The average molecular weight is 329 g/mol. The maximum atomic E-state index is 13.5. The van der Waals surface area contributed by atoms with Gasteiger partial charge in [-0.3, -0.25) is 10.9 Å². The van der Waals surface area contributed by atoms with Gasteiger partial charge in [0.15, 0.2) is 0 Å². The van der Waals surface area contributed by atoms with Crippen molar-refractivity contribution in [3.8, 4) is 0 Å². The lowest BCUT2D eigenvalue weighted by molar-refractivity contribution is 0.153. The van der Waals surface area contributed by atoms with Crippen LogP contribution in [0.25, 0.3) is 0 Å². The first-order valence-corrected chi connectivity index (χ1v) is 10.2. The van der Waals surface area contributed by atoms with Gasteiger partial charge in [0.1, 0.15) is 6.17 Å². The van der Waals surface area contributed by atoms with E-state index in [1.54, 1.807) is 0 Å². The molecule has 0 aliphatic heterocycles. The van der Waals surface area contributed by atoms with E-state index < -0.39 is 6.17 Å². The molecule has 0 bridgehead atoms. The fourth-order valence-corrected chi connectivity index (χ4v) is 4.11. The zero-order valence-corrected chi connectivity index (χ0v) is 16.0. The molecular weight excluding hydrogens is 287 g/mol. The monoisotopic (exact) mass is 328 g/mol. The minimum atomic E-state index is -0.554. The third-order valence-electron chi connectivity index (χ3n) is 5.69. The molecule has 0 aromatic carbocycles. The summed E-state index contributed by atoms with van der Waals surface area (Å²) in [5.41, 5.74) is 6.89. The zero-order valence-electron chi connectivity index (χ0n) is 16.0. The smallest absolute Gasteiger partial charge is 0.100 e. The molecule has 1 aliphatic rings. The summed E-state index contributed by atoms with van der Waals surface area (Å²) >= 11 is 0. The van der Waals surface area contributed by atoms with Crippen LogP contribution in [-0.2, 0) is 0 Å². The van der Waals surface area contributed by atoms with Crippen LogP contribution >= 0.6 is 0 Å². The number of hydrogen-bond donors (Lipinski definition) is 2. The van der Waals surface area contributed by atoms with Gasteiger partial charge in [-0.15, -0.1) is 0 Å². The first kappa shape index (κ1) is 20.9. The summed E-state index contributed by atoms with van der Waals surface area (Å²) in [5.74, 6) is 2.27. The van der Waals surface area contributed by atoms with Crippen molar-refractivity contribution >= 4 is 0 Å². The van der Waals surface area contributed by atoms with E-state index in [1.807, 2.05) is 0 Å². The van der Waals surface area contributed by atoms with Crippen LogP contribution in [-0.4, -0.2) is 18.8 Å². The number of alkyl halides is 1. The molecule has 1 rings (SSSR count). The highest BCUT2D eigenvalue weighted by Gasteiger charge is 2.29. The van der Waals surface area contributed by atoms with Gasteiger partial charge in [0.25, 0.3) is 0 Å². The fourth-order valence-electron chi connectivity index (χ4n) is 4.11. The second-order valence-corrected chi connectivity index (χ2v) is 7.79. The Bertz CT molecular complexity index is 277. The number of rotatable bonds is 12. The van der Waals surface area contributed by atoms with Crippen LogP contribution < -0.4 is 10.9 Å². The number of halogens is 1. The van der Waals surface area contributed by atoms with Crippen LogP contribution in [0.1, 0.15) is 91.9 Å². The van der Waals surface area contributed by atoms with Crippen LogP contribution in [0, 0.1) is 17.8 Å². The van der Waals surface area contributed by atoms with Crippen LogP contribution in [0.15, 0.2) is 0 Å². The molecule has 3 unspecified atom stereocenters. The highest BCUT2D eigenvalue weighted by atomic mass is 19.1. The fraction of sp³-hybridized carbons (Fsp3) is 1.00. The summed E-state index contributed by atoms with van der Waals surface area (Å²) in [4.78, 5) is 0. The van der Waals surface area contributed by atoms with Gasteiger partial charge >= 0.3 is 0 Å². The van der Waals surface area contributed by atoms with Crippen molar-refractivity contribution in [1.29, 1.82) is 0 Å². The predicted octanol–water partition coefficient (Wildman–Crippen LogP) is 5.63. The second-order valence-electron chi connectivity index (χ2n) is 7.79. The summed E-state index contributed by atoms with van der Waals surface area (Å²) in [6.07, 6.45) is 10.9. The molecule has 3 atom stereocenters. The molecule has 2 N–H and O–H groups in total. The molecule has 3 heteroatoms. The van der Waals surface area contributed by atoms with E-state index in [-0.39, 0.29) is 0 Å². The minimum absolute atomic E-state index is 0.505. The Balaban J connectivity index is 2.51. The first-order valence-electron chi connectivity index (χ1n) is 10.2. The molecule has 23 heavy (non-hydrogen) atoms. The maximum absolute atomic E-state index is 13.5. The Morgan fingerprint density at radius 2 is 1.74 bits per heavy atom. The van der Waals surface area contributed by atoms with E-state index in [9.17, 15) is 4.39 Å². The summed E-state index contributed by atoms with van der Waals surface area (Å²) in [7, 11) is 0. The maximum Gasteiger partial charge on any atom is 0.100 e. The zero-order chi connectivity index (χ0) is 17.1. The SMILES string of the molecule is CCCCC(C)CC(CC)CC(NNCC)C1CCC(F)CC1. The third kappa shape index (κ3) is 8.49. The molecular formula is C20H41FN2. The molecule has 0 aromatic heterocycles. The van der Waals surface area contributed by atoms with Gasteiger partial charge < -0.3 is 0 Å². The Labute approximate surface area is 144 Å². The van der Waals surface area contributed by atoms with Crippen LogP contribution in [0.4, 0.5) is 4.39 Å². The summed E-state index contributed by atoms with van der Waals surface area (Å²) in [5, 5.41) is 0. The lowest BCUT2D eigenvalue weighted by Gasteiger charge is -2.35. The lowest BCUT2D eigenvalue weighted by Crippen LogP contribution is -2.47. The van der Waals surface area contributed by atoms with E-state index >= 15 is 0 Å². The standard InChI is InChI=1S/C20H41FN2/c1-5-8-9-16(4)14-17(6-2)15-20(23-22-7-3)18-10-12-19(21)13-11-18/h16-20,22-23H,5-15H2,1-4H3. The summed E-state index contributed by atoms with van der Waals surface area (Å²) in [6, 6.07) is 0.505. The third-order valence-corrected chi connectivity index (χ3v) is 5.69. The molecule has 0 amide bonds. The van der Waals surface area contributed by atoms with Crippen molar-refractivity contribution in [2.45, 2.75) is 104 Å². The Morgan fingerprint density at radius 1 is 1.04 bits per heavy atom. The molecule has 2 nitrogen and oxygen atoms in total. The quantitative estimate of drug-likeness (QED) is 0.454. The molecule has 0 heterocycles. The largest absolute Gasteiger partial charge is 0.258 e. The Hall–Kier alpha value is -0.150. The molecule has 0 spiro atoms. The van der Waals surface area contributed by atoms with Crippen molar-refractivity contribution in [2.75, 3.05) is 6.54 Å². The number of hydrazine groups is 1. The van der Waals surface area contributed by atoms with E-state index in [1.165, 1.54) is 38.5 Å². The normalized spacial score (nSPS) is 26.0. The minimum Gasteiger partial charge on any atom is -0.258 e. The topological polar surface area (TPSA) is 24.1 Å². The number of nitrogens with one attached hydrogen (secondary N) is 2. The molecule has 0 saturated heterocycles. The first-order chi connectivity index (χ1) is 11.1.